The molecule has 0 radical (unpaired) electrons. The highest BCUT2D eigenvalue weighted by molar-refractivity contribution is 7.89. The van der Waals surface area contributed by atoms with Gasteiger partial charge in [-0.1, -0.05) is 12.1 Å². The summed E-state index contributed by atoms with van der Waals surface area (Å²) in [5, 5.41) is 9.14. The minimum absolute atomic E-state index is 0.0106. The van der Waals surface area contributed by atoms with Crippen LogP contribution in [0.1, 0.15) is 24.9 Å². The maximum Gasteiger partial charge on any atom is 0.238 e. The van der Waals surface area contributed by atoms with E-state index in [4.69, 9.17) is 5.14 Å². The molecule has 0 aliphatic heterocycles. The Labute approximate surface area is 135 Å². The molecule has 1 aromatic heterocycles. The van der Waals surface area contributed by atoms with Crippen LogP contribution in [0.2, 0.25) is 0 Å². The van der Waals surface area contributed by atoms with Crippen molar-refractivity contribution in [3.8, 4) is 0 Å². The Morgan fingerprint density at radius 2 is 2.00 bits per heavy atom. The van der Waals surface area contributed by atoms with Crippen LogP contribution in [-0.2, 0) is 21.4 Å². The van der Waals surface area contributed by atoms with E-state index in [-0.39, 0.29) is 16.8 Å². The minimum Gasteiger partial charge on any atom is -0.339 e. The highest BCUT2D eigenvalue weighted by atomic mass is 32.2. The second kappa shape index (κ2) is 6.93. The number of amides is 1. The average Bonchev–Trinajstić information content (AvgIpc) is 3.04. The Bertz CT molecular complexity index is 755. The van der Waals surface area contributed by atoms with E-state index in [2.05, 4.69) is 5.10 Å². The molecule has 2 rings (SSSR count). The van der Waals surface area contributed by atoms with Gasteiger partial charge in [0.1, 0.15) is 0 Å². The molecule has 124 valence electrons. The Morgan fingerprint density at radius 3 is 2.52 bits per heavy atom. The first-order chi connectivity index (χ1) is 10.8. The van der Waals surface area contributed by atoms with Gasteiger partial charge in [-0.3, -0.25) is 9.48 Å². The lowest BCUT2D eigenvalue weighted by atomic mass is 10.1. The van der Waals surface area contributed by atoms with Crippen molar-refractivity contribution in [3.05, 3.63) is 48.3 Å². The highest BCUT2D eigenvalue weighted by Gasteiger charge is 2.18. The highest BCUT2D eigenvalue weighted by Crippen LogP contribution is 2.21. The van der Waals surface area contributed by atoms with Crippen molar-refractivity contribution in [2.24, 2.45) is 5.14 Å². The number of aromatic nitrogens is 2. The van der Waals surface area contributed by atoms with E-state index in [1.165, 1.54) is 12.1 Å². The first-order valence-corrected chi connectivity index (χ1v) is 8.69. The molecular formula is C15H20N4O3S. The molecule has 0 saturated carbocycles. The Kier molecular flexibility index (Phi) is 5.17. The molecule has 0 fully saturated rings. The zero-order valence-electron chi connectivity index (χ0n) is 13.1. The van der Waals surface area contributed by atoms with Gasteiger partial charge in [0.2, 0.25) is 15.9 Å². The number of carbonyl (C=O) groups excluding carboxylic acids is 1. The van der Waals surface area contributed by atoms with Crippen LogP contribution in [-0.4, -0.2) is 36.1 Å². The molecule has 0 aliphatic rings. The third-order valence-electron chi connectivity index (χ3n) is 3.78. The van der Waals surface area contributed by atoms with Gasteiger partial charge in [0.25, 0.3) is 0 Å². The number of sulfonamides is 1. The predicted octanol–water partition coefficient (Wildman–Crippen LogP) is 1.14. The van der Waals surface area contributed by atoms with Crippen molar-refractivity contribution >= 4 is 15.9 Å². The lowest BCUT2D eigenvalue weighted by Crippen LogP contribution is -2.30. The molecule has 0 bridgehead atoms. The van der Waals surface area contributed by atoms with Crippen LogP contribution >= 0.6 is 0 Å². The summed E-state index contributed by atoms with van der Waals surface area (Å²) in [5.74, 6) is -0.0106. The molecule has 1 atom stereocenters. The quantitative estimate of drug-likeness (QED) is 0.855. The van der Waals surface area contributed by atoms with Gasteiger partial charge in [-0.25, -0.2) is 13.6 Å². The number of nitrogens with zero attached hydrogens (tertiary/aromatic N) is 3. The van der Waals surface area contributed by atoms with E-state index < -0.39 is 10.0 Å². The molecule has 8 heteroatoms. The fourth-order valence-corrected chi connectivity index (χ4v) is 2.71. The van der Waals surface area contributed by atoms with E-state index in [9.17, 15) is 13.2 Å². The minimum atomic E-state index is -3.71. The first kappa shape index (κ1) is 17.2. The third-order valence-corrected chi connectivity index (χ3v) is 4.71. The van der Waals surface area contributed by atoms with Crippen LogP contribution in [0.5, 0.6) is 0 Å². The molecule has 2 N–H and O–H groups in total. The van der Waals surface area contributed by atoms with Crippen LogP contribution in [0.25, 0.3) is 0 Å². The van der Waals surface area contributed by atoms with Gasteiger partial charge in [0.15, 0.2) is 0 Å². The SMILES string of the molecule is C[C@H](c1ccc(S(N)(=O)=O)cc1)N(C)C(=O)CCn1cccn1. The molecule has 1 amide bonds. The summed E-state index contributed by atoms with van der Waals surface area (Å²) in [6, 6.07) is 7.87. The molecule has 1 heterocycles. The number of primary sulfonamides is 1. The number of hydrogen-bond donors (Lipinski definition) is 1. The Hall–Kier alpha value is -2.19. The maximum absolute atomic E-state index is 12.2. The zero-order chi connectivity index (χ0) is 17.0. The largest absolute Gasteiger partial charge is 0.339 e. The summed E-state index contributed by atoms with van der Waals surface area (Å²) in [5.41, 5.74) is 0.840. The zero-order valence-corrected chi connectivity index (χ0v) is 13.9. The van der Waals surface area contributed by atoms with Gasteiger partial charge in [-0.2, -0.15) is 5.10 Å². The smallest absolute Gasteiger partial charge is 0.238 e. The summed E-state index contributed by atoms with van der Waals surface area (Å²) < 4.78 is 24.2. The van der Waals surface area contributed by atoms with Gasteiger partial charge in [-0.05, 0) is 30.7 Å². The topological polar surface area (TPSA) is 98.3 Å². The molecule has 0 spiro atoms. The molecule has 0 aliphatic carbocycles. The lowest BCUT2D eigenvalue weighted by molar-refractivity contribution is -0.132. The summed E-state index contributed by atoms with van der Waals surface area (Å²) >= 11 is 0. The van der Waals surface area contributed by atoms with Crippen molar-refractivity contribution in [1.29, 1.82) is 0 Å². The monoisotopic (exact) mass is 336 g/mol. The average molecular weight is 336 g/mol. The summed E-state index contributed by atoms with van der Waals surface area (Å²) in [4.78, 5) is 13.9. The fourth-order valence-electron chi connectivity index (χ4n) is 2.19. The van der Waals surface area contributed by atoms with Gasteiger partial charge < -0.3 is 4.90 Å². The fraction of sp³-hybridized carbons (Fsp3) is 0.333. The van der Waals surface area contributed by atoms with Crippen LogP contribution < -0.4 is 5.14 Å². The van der Waals surface area contributed by atoms with E-state index in [1.54, 1.807) is 35.0 Å². The molecule has 0 saturated heterocycles. The van der Waals surface area contributed by atoms with E-state index in [1.807, 2.05) is 19.2 Å². The number of aryl methyl sites for hydroxylation is 1. The number of benzene rings is 1. The molecule has 0 unspecified atom stereocenters. The number of carbonyl (C=O) groups is 1. The predicted molar refractivity (Wildman–Crippen MR) is 85.8 cm³/mol. The molecule has 7 nitrogen and oxygen atoms in total. The Balaban J connectivity index is 2.00. The van der Waals surface area contributed by atoms with Gasteiger partial charge in [-0.15, -0.1) is 0 Å². The molecule has 2 aromatic rings. The van der Waals surface area contributed by atoms with Crippen molar-refractivity contribution in [2.45, 2.75) is 30.8 Å². The second-order valence-electron chi connectivity index (χ2n) is 5.31. The van der Waals surface area contributed by atoms with Gasteiger partial charge in [0.05, 0.1) is 10.9 Å². The summed E-state index contributed by atoms with van der Waals surface area (Å²) in [7, 11) is -1.98. The summed E-state index contributed by atoms with van der Waals surface area (Å²) in [6.07, 6.45) is 3.82. The molecular weight excluding hydrogens is 316 g/mol. The molecule has 23 heavy (non-hydrogen) atoms. The second-order valence-corrected chi connectivity index (χ2v) is 6.88. The first-order valence-electron chi connectivity index (χ1n) is 7.15. The van der Waals surface area contributed by atoms with E-state index in [0.29, 0.717) is 13.0 Å². The van der Waals surface area contributed by atoms with Crippen LogP contribution in [0.4, 0.5) is 0 Å². The number of nitrogens with two attached hydrogens (primary N) is 1. The lowest BCUT2D eigenvalue weighted by Gasteiger charge is -2.25. The van der Waals surface area contributed by atoms with Crippen molar-refractivity contribution < 1.29 is 13.2 Å². The van der Waals surface area contributed by atoms with Crippen molar-refractivity contribution in [3.63, 3.8) is 0 Å². The van der Waals surface area contributed by atoms with Crippen LogP contribution in [0.3, 0.4) is 0 Å². The summed E-state index contributed by atoms with van der Waals surface area (Å²) in [6.45, 7) is 2.41. The number of rotatable bonds is 6. The standard InChI is InChI=1S/C15H20N4O3S/c1-12(13-4-6-14(7-5-13)23(16,21)22)18(2)15(20)8-11-19-10-3-9-17-19/h3-7,9-10,12H,8,11H2,1-2H3,(H2,16,21,22)/t12-/m1/s1. The van der Waals surface area contributed by atoms with Crippen molar-refractivity contribution in [1.82, 2.24) is 14.7 Å². The van der Waals surface area contributed by atoms with Crippen LogP contribution in [0.15, 0.2) is 47.6 Å². The molecule has 1 aromatic carbocycles. The van der Waals surface area contributed by atoms with Crippen molar-refractivity contribution in [2.75, 3.05) is 7.05 Å². The van der Waals surface area contributed by atoms with Crippen LogP contribution in [0, 0.1) is 0 Å². The number of hydrogen-bond acceptors (Lipinski definition) is 4. The van der Waals surface area contributed by atoms with E-state index >= 15 is 0 Å². The van der Waals surface area contributed by atoms with Gasteiger partial charge >= 0.3 is 0 Å². The maximum atomic E-state index is 12.2. The Morgan fingerprint density at radius 1 is 1.35 bits per heavy atom. The van der Waals surface area contributed by atoms with Gasteiger partial charge in [0, 0.05) is 32.4 Å². The van der Waals surface area contributed by atoms with E-state index in [0.717, 1.165) is 5.56 Å². The normalized spacial score (nSPS) is 12.8. The third kappa shape index (κ3) is 4.40.